The van der Waals surface area contributed by atoms with Crippen molar-refractivity contribution < 1.29 is 14.3 Å². The highest BCUT2D eigenvalue weighted by molar-refractivity contribution is 5.98. The van der Waals surface area contributed by atoms with Gasteiger partial charge in [0.1, 0.15) is 0 Å². The first kappa shape index (κ1) is 18.4. The molecule has 0 spiro atoms. The Kier molecular flexibility index (Phi) is 5.91. The molecule has 0 atom stereocenters. The molecular weight excluding hydrogens is 330 g/mol. The minimum Gasteiger partial charge on any atom is -0.466 e. The standard InChI is InChI=1S/C20H27N3O3/c1-3-17-16-10-9-14(20(25)21-12-11-19(24)26-4-2)13-18(16)23(22-17)15-7-5-6-8-15/h9-10,13,15H,3-8,11-12H2,1-2H3,(H,21,25). The van der Waals surface area contributed by atoms with Crippen LogP contribution in [0.3, 0.4) is 0 Å². The molecule has 1 amide bonds. The number of fused-ring (bicyclic) bond motifs is 1. The van der Waals surface area contributed by atoms with E-state index < -0.39 is 0 Å². The van der Waals surface area contributed by atoms with Gasteiger partial charge in [-0.25, -0.2) is 0 Å². The number of nitrogens with one attached hydrogen (secondary N) is 1. The Hall–Kier alpha value is -2.37. The molecule has 0 unspecified atom stereocenters. The van der Waals surface area contributed by atoms with Crippen molar-refractivity contribution in [2.24, 2.45) is 0 Å². The van der Waals surface area contributed by atoms with Gasteiger partial charge in [-0.2, -0.15) is 5.10 Å². The molecule has 6 nitrogen and oxygen atoms in total. The molecule has 1 aromatic heterocycles. The van der Waals surface area contributed by atoms with Crippen molar-refractivity contribution in [3.63, 3.8) is 0 Å². The number of carbonyl (C=O) groups is 2. The van der Waals surface area contributed by atoms with E-state index in [4.69, 9.17) is 9.84 Å². The lowest BCUT2D eigenvalue weighted by molar-refractivity contribution is -0.142. The number of hydrogen-bond acceptors (Lipinski definition) is 4. The Balaban J connectivity index is 1.78. The van der Waals surface area contributed by atoms with Gasteiger partial charge in [0.15, 0.2) is 0 Å². The van der Waals surface area contributed by atoms with Crippen LogP contribution in [0.4, 0.5) is 0 Å². The molecule has 6 heteroatoms. The zero-order valence-electron chi connectivity index (χ0n) is 15.6. The van der Waals surface area contributed by atoms with Crippen LogP contribution in [-0.4, -0.2) is 34.8 Å². The number of benzene rings is 1. The lowest BCUT2D eigenvalue weighted by Crippen LogP contribution is -2.26. The normalized spacial score (nSPS) is 14.7. The number of rotatable bonds is 7. The molecule has 1 N–H and O–H groups in total. The van der Waals surface area contributed by atoms with Crippen molar-refractivity contribution in [3.05, 3.63) is 29.5 Å². The van der Waals surface area contributed by atoms with Gasteiger partial charge in [0.25, 0.3) is 5.91 Å². The second-order valence-electron chi connectivity index (χ2n) is 6.73. The quantitative estimate of drug-likeness (QED) is 0.771. The molecular formula is C20H27N3O3. The largest absolute Gasteiger partial charge is 0.466 e. The molecule has 0 radical (unpaired) electrons. The van der Waals surface area contributed by atoms with Crippen LogP contribution in [0.1, 0.15) is 68.0 Å². The molecule has 1 aliphatic carbocycles. The lowest BCUT2D eigenvalue weighted by Gasteiger charge is -2.12. The van der Waals surface area contributed by atoms with Gasteiger partial charge in [0.2, 0.25) is 0 Å². The number of amides is 1. The van der Waals surface area contributed by atoms with Crippen LogP contribution in [0.5, 0.6) is 0 Å². The van der Waals surface area contributed by atoms with E-state index in [9.17, 15) is 9.59 Å². The van der Waals surface area contributed by atoms with E-state index >= 15 is 0 Å². The van der Waals surface area contributed by atoms with Crippen LogP contribution in [-0.2, 0) is 16.0 Å². The van der Waals surface area contributed by atoms with Crippen LogP contribution in [0.15, 0.2) is 18.2 Å². The average molecular weight is 357 g/mol. The van der Waals surface area contributed by atoms with Crippen molar-refractivity contribution >= 4 is 22.8 Å². The lowest BCUT2D eigenvalue weighted by atomic mass is 10.1. The molecule has 1 heterocycles. The summed E-state index contributed by atoms with van der Waals surface area (Å²) in [6.45, 7) is 4.51. The highest BCUT2D eigenvalue weighted by Crippen LogP contribution is 2.33. The van der Waals surface area contributed by atoms with Crippen molar-refractivity contribution in [2.45, 2.75) is 58.4 Å². The first-order valence-electron chi connectivity index (χ1n) is 9.59. The minimum atomic E-state index is -0.296. The maximum Gasteiger partial charge on any atom is 0.307 e. The van der Waals surface area contributed by atoms with Gasteiger partial charge in [0.05, 0.1) is 30.3 Å². The van der Waals surface area contributed by atoms with Crippen molar-refractivity contribution in [1.29, 1.82) is 0 Å². The number of aromatic nitrogens is 2. The predicted molar refractivity (Wildman–Crippen MR) is 100 cm³/mol. The summed E-state index contributed by atoms with van der Waals surface area (Å²) in [7, 11) is 0. The van der Waals surface area contributed by atoms with Crippen LogP contribution < -0.4 is 5.32 Å². The molecule has 0 aliphatic heterocycles. The molecule has 1 fully saturated rings. The van der Waals surface area contributed by atoms with E-state index in [2.05, 4.69) is 16.9 Å². The zero-order valence-corrected chi connectivity index (χ0v) is 15.6. The van der Waals surface area contributed by atoms with E-state index in [0.717, 1.165) is 35.9 Å². The number of hydrogen-bond donors (Lipinski definition) is 1. The molecule has 1 aliphatic rings. The van der Waals surface area contributed by atoms with Crippen LogP contribution in [0.2, 0.25) is 0 Å². The second-order valence-corrected chi connectivity index (χ2v) is 6.73. The Bertz CT molecular complexity index is 791. The fraction of sp³-hybridized carbons (Fsp3) is 0.550. The zero-order chi connectivity index (χ0) is 18.5. The van der Waals surface area contributed by atoms with Crippen LogP contribution in [0, 0.1) is 0 Å². The molecule has 140 valence electrons. The molecule has 0 saturated heterocycles. The van der Waals surface area contributed by atoms with E-state index in [1.165, 1.54) is 12.8 Å². The Labute approximate surface area is 153 Å². The summed E-state index contributed by atoms with van der Waals surface area (Å²) in [5.41, 5.74) is 2.72. The molecule has 1 saturated carbocycles. The average Bonchev–Trinajstić information content (AvgIpc) is 3.28. The number of esters is 1. The summed E-state index contributed by atoms with van der Waals surface area (Å²) in [5, 5.41) is 8.74. The summed E-state index contributed by atoms with van der Waals surface area (Å²) in [4.78, 5) is 23.8. The summed E-state index contributed by atoms with van der Waals surface area (Å²) in [5.74, 6) is -0.469. The Morgan fingerprint density at radius 3 is 2.73 bits per heavy atom. The highest BCUT2D eigenvalue weighted by Gasteiger charge is 2.22. The molecule has 3 rings (SSSR count). The van der Waals surface area contributed by atoms with E-state index in [-0.39, 0.29) is 24.8 Å². The van der Waals surface area contributed by atoms with Gasteiger partial charge < -0.3 is 10.1 Å². The topological polar surface area (TPSA) is 73.2 Å². The van der Waals surface area contributed by atoms with Gasteiger partial charge >= 0.3 is 5.97 Å². The SMILES string of the molecule is CCOC(=O)CCNC(=O)c1ccc2c(CC)nn(C3CCCC3)c2c1. The van der Waals surface area contributed by atoms with Crippen LogP contribution in [0.25, 0.3) is 10.9 Å². The summed E-state index contributed by atoms with van der Waals surface area (Å²) in [6.07, 6.45) is 5.83. The van der Waals surface area contributed by atoms with Gasteiger partial charge in [-0.15, -0.1) is 0 Å². The van der Waals surface area contributed by atoms with Gasteiger partial charge in [-0.05, 0) is 38.3 Å². The van der Waals surface area contributed by atoms with E-state index in [1.54, 1.807) is 6.92 Å². The first-order valence-corrected chi connectivity index (χ1v) is 9.59. The third-order valence-electron chi connectivity index (χ3n) is 4.97. The molecule has 0 bridgehead atoms. The Morgan fingerprint density at radius 1 is 1.27 bits per heavy atom. The highest BCUT2D eigenvalue weighted by atomic mass is 16.5. The Morgan fingerprint density at radius 2 is 2.04 bits per heavy atom. The number of aryl methyl sites for hydroxylation is 1. The monoisotopic (exact) mass is 357 g/mol. The maximum atomic E-state index is 12.4. The number of ether oxygens (including phenoxy) is 1. The summed E-state index contributed by atoms with van der Waals surface area (Å²) < 4.78 is 6.99. The number of carbonyl (C=O) groups excluding carboxylic acids is 2. The maximum absolute atomic E-state index is 12.4. The summed E-state index contributed by atoms with van der Waals surface area (Å²) in [6, 6.07) is 6.19. The smallest absolute Gasteiger partial charge is 0.307 e. The van der Waals surface area contributed by atoms with E-state index in [0.29, 0.717) is 18.2 Å². The van der Waals surface area contributed by atoms with Crippen molar-refractivity contribution in [2.75, 3.05) is 13.2 Å². The third kappa shape index (κ3) is 3.89. The van der Waals surface area contributed by atoms with E-state index in [1.807, 2.05) is 18.2 Å². The minimum absolute atomic E-state index is 0.173. The third-order valence-corrected chi connectivity index (χ3v) is 4.97. The molecule has 2 aromatic rings. The predicted octanol–water partition coefficient (Wildman–Crippen LogP) is 3.40. The fourth-order valence-electron chi connectivity index (χ4n) is 3.65. The van der Waals surface area contributed by atoms with Gasteiger partial charge in [0, 0.05) is 17.5 Å². The molecule has 1 aromatic carbocycles. The van der Waals surface area contributed by atoms with Gasteiger partial charge in [-0.1, -0.05) is 25.8 Å². The molecule has 26 heavy (non-hydrogen) atoms. The second kappa shape index (κ2) is 8.34. The summed E-state index contributed by atoms with van der Waals surface area (Å²) >= 11 is 0. The fourth-order valence-corrected chi connectivity index (χ4v) is 3.65. The first-order chi connectivity index (χ1) is 12.6. The van der Waals surface area contributed by atoms with Crippen molar-refractivity contribution in [3.8, 4) is 0 Å². The van der Waals surface area contributed by atoms with Crippen molar-refractivity contribution in [1.82, 2.24) is 15.1 Å². The number of nitrogens with zero attached hydrogens (tertiary/aromatic N) is 2. The van der Waals surface area contributed by atoms with Crippen LogP contribution >= 0.6 is 0 Å². The van der Waals surface area contributed by atoms with Gasteiger partial charge in [-0.3, -0.25) is 14.3 Å².